The zero-order chi connectivity index (χ0) is 8.43. The fraction of sp³-hybridized carbons (Fsp3) is 0.250. The van der Waals surface area contributed by atoms with Gasteiger partial charge in [-0.2, -0.15) is 0 Å². The van der Waals surface area contributed by atoms with Crippen LogP contribution < -0.4 is 0 Å². The smallest absolute Gasteiger partial charge is 0.137 e. The third kappa shape index (κ3) is 1.99. The number of hydrogen-bond donors (Lipinski definition) is 0. The monoisotopic (exact) mass is 220 g/mol. The number of rotatable bonds is 1. The van der Waals surface area contributed by atoms with Crippen molar-refractivity contribution >= 4 is 15.9 Å². The maximum Gasteiger partial charge on any atom is 0.137 e. The Morgan fingerprint density at radius 2 is 2.09 bits per heavy atom. The summed E-state index contributed by atoms with van der Waals surface area (Å²) in [6, 6.07) is 4.13. The predicted octanol–water partition coefficient (Wildman–Crippen LogP) is 3.62. The summed E-state index contributed by atoms with van der Waals surface area (Å²) in [6.07, 6.45) is -1.05. The van der Waals surface area contributed by atoms with Gasteiger partial charge < -0.3 is 0 Å². The molecule has 0 radical (unpaired) electrons. The van der Waals surface area contributed by atoms with E-state index in [1.807, 2.05) is 0 Å². The summed E-state index contributed by atoms with van der Waals surface area (Å²) in [4.78, 5) is 0. The van der Waals surface area contributed by atoms with E-state index in [-0.39, 0.29) is 5.82 Å². The van der Waals surface area contributed by atoms with E-state index in [9.17, 15) is 8.78 Å². The lowest BCUT2D eigenvalue weighted by Gasteiger charge is -2.02. The number of hydrogen-bond acceptors (Lipinski definition) is 0. The second-order valence-corrected chi connectivity index (χ2v) is 3.14. The fourth-order valence-corrected chi connectivity index (χ4v) is 1.16. The summed E-state index contributed by atoms with van der Waals surface area (Å²) in [7, 11) is 0. The zero-order valence-electron chi connectivity index (χ0n) is 5.94. The summed E-state index contributed by atoms with van der Waals surface area (Å²) in [6.45, 7) is 1.42. The lowest BCUT2D eigenvalue weighted by atomic mass is 10.1. The second kappa shape index (κ2) is 3.30. The summed E-state index contributed by atoms with van der Waals surface area (Å²) in [5, 5.41) is 0. The van der Waals surface area contributed by atoms with Gasteiger partial charge in [-0.3, -0.25) is 0 Å². The van der Waals surface area contributed by atoms with Gasteiger partial charge >= 0.3 is 0 Å². The highest BCUT2D eigenvalue weighted by molar-refractivity contribution is 9.10. The van der Waals surface area contributed by atoms with E-state index in [2.05, 4.69) is 15.9 Å². The van der Waals surface area contributed by atoms with Crippen molar-refractivity contribution in [2.75, 3.05) is 0 Å². The first-order valence-corrected chi connectivity index (χ1v) is 3.99. The van der Waals surface area contributed by atoms with Gasteiger partial charge in [0.1, 0.15) is 12.0 Å². The van der Waals surface area contributed by atoms with Crippen LogP contribution in [0.5, 0.6) is 0 Å². The molecule has 1 aromatic rings. The minimum Gasteiger partial charge on any atom is -0.243 e. The van der Waals surface area contributed by atoms with Gasteiger partial charge in [0.05, 0.1) is 4.47 Å². The molecule has 60 valence electrons. The van der Waals surface area contributed by atoms with Gasteiger partial charge in [-0.1, -0.05) is 6.07 Å². The minimum absolute atomic E-state index is 0.305. The van der Waals surface area contributed by atoms with Crippen LogP contribution in [0.15, 0.2) is 22.7 Å². The Labute approximate surface area is 72.4 Å². The molecule has 1 rings (SSSR count). The highest BCUT2D eigenvalue weighted by Gasteiger charge is 2.05. The van der Waals surface area contributed by atoms with E-state index in [0.717, 1.165) is 0 Å². The van der Waals surface area contributed by atoms with Crippen molar-refractivity contribution in [2.45, 2.75) is 13.1 Å². The zero-order valence-corrected chi connectivity index (χ0v) is 7.53. The van der Waals surface area contributed by atoms with Crippen LogP contribution >= 0.6 is 15.9 Å². The molecule has 0 heterocycles. The van der Waals surface area contributed by atoms with Crippen LogP contribution in [-0.4, -0.2) is 0 Å². The average molecular weight is 221 g/mol. The summed E-state index contributed by atoms with van der Waals surface area (Å²) in [5.74, 6) is -0.366. The molecule has 0 aromatic heterocycles. The lowest BCUT2D eigenvalue weighted by Crippen LogP contribution is -1.86. The Kier molecular flexibility index (Phi) is 2.60. The summed E-state index contributed by atoms with van der Waals surface area (Å²) >= 11 is 2.97. The quantitative estimate of drug-likeness (QED) is 0.679. The molecular weight excluding hydrogens is 214 g/mol. The maximum atomic E-state index is 12.6. The van der Waals surface area contributed by atoms with Gasteiger partial charge in [0.15, 0.2) is 0 Å². The van der Waals surface area contributed by atoms with E-state index in [0.29, 0.717) is 10.0 Å². The van der Waals surface area contributed by atoms with Gasteiger partial charge in [0, 0.05) is 0 Å². The molecular formula is C8H7BrF2. The van der Waals surface area contributed by atoms with Crippen molar-refractivity contribution < 1.29 is 8.78 Å². The Hall–Kier alpha value is -0.440. The molecule has 0 aliphatic carbocycles. The van der Waals surface area contributed by atoms with Gasteiger partial charge in [-0.15, -0.1) is 0 Å². The topological polar surface area (TPSA) is 0 Å². The predicted molar refractivity (Wildman–Crippen MR) is 43.6 cm³/mol. The molecule has 0 spiro atoms. The molecule has 3 heteroatoms. The van der Waals surface area contributed by atoms with E-state index < -0.39 is 6.17 Å². The first kappa shape index (κ1) is 8.65. The standard InChI is InChI=1S/C8H7BrF2/c1-5(10)6-2-3-8(11)7(9)4-6/h2-5H,1H3. The van der Waals surface area contributed by atoms with Gasteiger partial charge in [0.25, 0.3) is 0 Å². The second-order valence-electron chi connectivity index (χ2n) is 2.29. The normalized spacial score (nSPS) is 13.1. The SMILES string of the molecule is CC(F)c1ccc(F)c(Br)c1. The van der Waals surface area contributed by atoms with Crippen LogP contribution in [0.2, 0.25) is 0 Å². The van der Waals surface area contributed by atoms with Crippen molar-refractivity contribution in [3.8, 4) is 0 Å². The Morgan fingerprint density at radius 1 is 1.45 bits per heavy atom. The van der Waals surface area contributed by atoms with Crippen molar-refractivity contribution in [1.82, 2.24) is 0 Å². The van der Waals surface area contributed by atoms with Crippen LogP contribution in [0.4, 0.5) is 8.78 Å². The van der Waals surface area contributed by atoms with Crippen molar-refractivity contribution in [2.24, 2.45) is 0 Å². The number of halogens is 3. The van der Waals surface area contributed by atoms with Crippen LogP contribution in [0.25, 0.3) is 0 Å². The molecule has 0 N–H and O–H groups in total. The molecule has 0 nitrogen and oxygen atoms in total. The van der Waals surface area contributed by atoms with Gasteiger partial charge in [0.2, 0.25) is 0 Å². The van der Waals surface area contributed by atoms with E-state index in [4.69, 9.17) is 0 Å². The minimum atomic E-state index is -1.05. The molecule has 0 saturated heterocycles. The highest BCUT2D eigenvalue weighted by Crippen LogP contribution is 2.22. The van der Waals surface area contributed by atoms with Crippen molar-refractivity contribution in [3.63, 3.8) is 0 Å². The summed E-state index contributed by atoms with van der Waals surface area (Å²) < 4.78 is 25.5. The third-order valence-corrected chi connectivity index (χ3v) is 2.01. The molecule has 0 bridgehead atoms. The first-order chi connectivity index (χ1) is 5.11. The summed E-state index contributed by atoms with van der Waals surface area (Å²) in [5.41, 5.74) is 0.485. The molecule has 0 aliphatic rings. The molecule has 11 heavy (non-hydrogen) atoms. The molecule has 1 aromatic carbocycles. The Morgan fingerprint density at radius 3 is 2.55 bits per heavy atom. The molecule has 0 amide bonds. The molecule has 1 atom stereocenters. The fourth-order valence-electron chi connectivity index (χ4n) is 0.760. The van der Waals surface area contributed by atoms with Gasteiger partial charge in [-0.25, -0.2) is 8.78 Å². The number of alkyl halides is 1. The molecule has 0 fully saturated rings. The van der Waals surface area contributed by atoms with Crippen LogP contribution in [0, 0.1) is 5.82 Å². The first-order valence-electron chi connectivity index (χ1n) is 3.20. The Balaban J connectivity index is 3.05. The Bertz CT molecular complexity index is 258. The van der Waals surface area contributed by atoms with E-state index in [1.54, 1.807) is 0 Å². The van der Waals surface area contributed by atoms with Crippen molar-refractivity contribution in [3.05, 3.63) is 34.1 Å². The van der Waals surface area contributed by atoms with E-state index >= 15 is 0 Å². The third-order valence-electron chi connectivity index (χ3n) is 1.40. The van der Waals surface area contributed by atoms with E-state index in [1.165, 1.54) is 25.1 Å². The highest BCUT2D eigenvalue weighted by atomic mass is 79.9. The average Bonchev–Trinajstić information content (AvgIpc) is 1.94. The number of benzene rings is 1. The van der Waals surface area contributed by atoms with Crippen molar-refractivity contribution in [1.29, 1.82) is 0 Å². The van der Waals surface area contributed by atoms with Crippen LogP contribution in [-0.2, 0) is 0 Å². The largest absolute Gasteiger partial charge is 0.243 e. The lowest BCUT2D eigenvalue weighted by molar-refractivity contribution is 0.373. The molecule has 0 saturated carbocycles. The molecule has 1 unspecified atom stereocenters. The van der Waals surface area contributed by atoms with Gasteiger partial charge in [-0.05, 0) is 40.5 Å². The molecule has 0 aliphatic heterocycles. The van der Waals surface area contributed by atoms with Crippen LogP contribution in [0.1, 0.15) is 18.7 Å². The maximum absolute atomic E-state index is 12.6. The van der Waals surface area contributed by atoms with Crippen LogP contribution in [0.3, 0.4) is 0 Å².